The lowest BCUT2D eigenvalue weighted by Gasteiger charge is -2.36. The highest BCUT2D eigenvalue weighted by molar-refractivity contribution is 7.80. The molecule has 0 aromatic heterocycles. The summed E-state index contributed by atoms with van der Waals surface area (Å²) in [6.07, 6.45) is 4.81. The molecule has 0 spiro atoms. The molecule has 0 bridgehead atoms. The van der Waals surface area contributed by atoms with Crippen LogP contribution in [0.2, 0.25) is 5.02 Å². The molecule has 1 aliphatic rings. The van der Waals surface area contributed by atoms with Crippen LogP contribution in [0.3, 0.4) is 0 Å². The van der Waals surface area contributed by atoms with Crippen molar-refractivity contribution in [2.24, 2.45) is 5.73 Å². The van der Waals surface area contributed by atoms with E-state index in [1.54, 1.807) is 42.5 Å². The summed E-state index contributed by atoms with van der Waals surface area (Å²) >= 11 is 2.99. The quantitative estimate of drug-likeness (QED) is 0.155. The van der Waals surface area contributed by atoms with E-state index in [1.165, 1.54) is 43.4 Å². The number of nitrogens with zero attached hydrogens (tertiary/aromatic N) is 2. The predicted molar refractivity (Wildman–Crippen MR) is 176 cm³/mol. The Hall–Kier alpha value is -3.57. The van der Waals surface area contributed by atoms with Crippen molar-refractivity contribution in [2.75, 3.05) is 24.4 Å². The van der Waals surface area contributed by atoms with Gasteiger partial charge in [0.05, 0.1) is 11.8 Å². The minimum absolute atomic E-state index is 0.00386. The first-order valence-corrected chi connectivity index (χ1v) is 16.3. The second-order valence-electron chi connectivity index (χ2n) is 11.3. The molecule has 1 saturated carbocycles. The van der Waals surface area contributed by atoms with Gasteiger partial charge in [0.1, 0.15) is 5.75 Å². The molecular formula is C34H36ClF2N3O4S. The third-order valence-electron chi connectivity index (χ3n) is 8.16. The number of hydrogen-bond acceptors (Lipinski definition) is 4. The standard InChI is InChI=1S/C34H36ClF2N3O4S/c1-39(20-4-19-38)33(41)32(34(36,37)27-13-7-23(8-14-27)24-9-15-28(35)16-10-24)40(45(42)43)29-17-11-26-22-31(18-12-25(26)21-29)44-30-5-2-3-6-30/h7-18,21-22,30,32H,2-6,19-20,38H2,1H3,(H,42,43)/t32-/m1/s1. The highest BCUT2D eigenvalue weighted by Crippen LogP contribution is 2.40. The van der Waals surface area contributed by atoms with Crippen molar-refractivity contribution in [3.63, 3.8) is 0 Å². The van der Waals surface area contributed by atoms with Crippen molar-refractivity contribution in [3.05, 3.63) is 95.5 Å². The highest BCUT2D eigenvalue weighted by atomic mass is 35.5. The number of fused-ring (bicyclic) bond motifs is 1. The maximum Gasteiger partial charge on any atom is 0.303 e. The molecule has 0 radical (unpaired) electrons. The molecule has 5 rings (SSSR count). The first-order valence-electron chi connectivity index (χ1n) is 14.9. The average Bonchev–Trinajstić information content (AvgIpc) is 3.55. The Morgan fingerprint density at radius 2 is 1.60 bits per heavy atom. The first-order chi connectivity index (χ1) is 21.6. The number of anilines is 1. The van der Waals surface area contributed by atoms with E-state index >= 15 is 8.78 Å². The molecule has 0 saturated heterocycles. The molecule has 0 heterocycles. The molecule has 45 heavy (non-hydrogen) atoms. The van der Waals surface area contributed by atoms with E-state index in [4.69, 9.17) is 22.1 Å². The van der Waals surface area contributed by atoms with Gasteiger partial charge in [0.15, 0.2) is 6.04 Å². The van der Waals surface area contributed by atoms with E-state index in [2.05, 4.69) is 0 Å². The highest BCUT2D eigenvalue weighted by Gasteiger charge is 2.52. The molecule has 7 nitrogen and oxygen atoms in total. The summed E-state index contributed by atoms with van der Waals surface area (Å²) in [6, 6.07) is 20.2. The number of amides is 1. The first kappa shape index (κ1) is 32.8. The van der Waals surface area contributed by atoms with Crippen LogP contribution in [0.4, 0.5) is 14.5 Å². The molecule has 1 unspecified atom stereocenters. The maximum atomic E-state index is 16.6. The third kappa shape index (κ3) is 7.47. The summed E-state index contributed by atoms with van der Waals surface area (Å²) < 4.78 is 63.3. The van der Waals surface area contributed by atoms with Crippen LogP contribution in [0.1, 0.15) is 37.7 Å². The molecule has 11 heteroatoms. The second-order valence-corrected chi connectivity index (χ2v) is 12.6. The number of ether oxygens (including phenoxy) is 1. The lowest BCUT2D eigenvalue weighted by Crippen LogP contribution is -2.56. The van der Waals surface area contributed by atoms with Crippen molar-refractivity contribution >= 4 is 45.2 Å². The molecule has 4 aromatic rings. The Bertz CT molecular complexity index is 1650. The molecule has 238 valence electrons. The number of nitrogens with two attached hydrogens (primary N) is 1. The molecule has 1 amide bonds. The van der Waals surface area contributed by atoms with Crippen LogP contribution in [-0.4, -0.2) is 51.9 Å². The SMILES string of the molecule is CN(CCCN)C(=O)[C@@H](N(c1ccc2cc(OC3CCCC3)ccc2c1)S(=O)O)C(F)(F)c1ccc(-c2ccc(Cl)cc2)cc1. The van der Waals surface area contributed by atoms with E-state index in [1.807, 2.05) is 6.07 Å². The van der Waals surface area contributed by atoms with Gasteiger partial charge in [-0.05, 0) is 96.9 Å². The Morgan fingerprint density at radius 3 is 2.22 bits per heavy atom. The van der Waals surface area contributed by atoms with Gasteiger partial charge in [-0.15, -0.1) is 0 Å². The maximum absolute atomic E-state index is 16.6. The van der Waals surface area contributed by atoms with E-state index in [0.717, 1.165) is 41.5 Å². The number of carbonyl (C=O) groups is 1. The minimum Gasteiger partial charge on any atom is -0.490 e. The van der Waals surface area contributed by atoms with Crippen LogP contribution in [0, 0.1) is 0 Å². The van der Waals surface area contributed by atoms with Crippen molar-refractivity contribution in [3.8, 4) is 16.9 Å². The van der Waals surface area contributed by atoms with Crippen molar-refractivity contribution in [1.29, 1.82) is 0 Å². The van der Waals surface area contributed by atoms with Gasteiger partial charge in [0.2, 0.25) is 0 Å². The van der Waals surface area contributed by atoms with Gasteiger partial charge in [-0.3, -0.25) is 9.35 Å². The number of rotatable bonds is 12. The van der Waals surface area contributed by atoms with Crippen LogP contribution in [0.5, 0.6) is 5.75 Å². The predicted octanol–water partition coefficient (Wildman–Crippen LogP) is 7.39. The fourth-order valence-corrected chi connectivity index (χ4v) is 6.51. The molecular weight excluding hydrogens is 620 g/mol. The van der Waals surface area contributed by atoms with Crippen LogP contribution >= 0.6 is 11.6 Å². The molecule has 2 atom stereocenters. The van der Waals surface area contributed by atoms with Crippen molar-refractivity contribution in [1.82, 2.24) is 4.90 Å². The Balaban J connectivity index is 1.52. The lowest BCUT2D eigenvalue weighted by molar-refractivity contribution is -0.141. The average molecular weight is 656 g/mol. The number of alkyl halides is 2. The number of halogens is 3. The number of carbonyl (C=O) groups excluding carboxylic acids is 1. The van der Waals surface area contributed by atoms with Crippen LogP contribution < -0.4 is 14.8 Å². The number of hydrogen-bond donors (Lipinski definition) is 2. The number of likely N-dealkylation sites (N-methyl/N-ethyl adjacent to an activating group) is 1. The van der Waals surface area contributed by atoms with Crippen molar-refractivity contribution in [2.45, 2.75) is 50.2 Å². The lowest BCUT2D eigenvalue weighted by atomic mass is 9.96. The van der Waals surface area contributed by atoms with Crippen LogP contribution in [-0.2, 0) is 22.0 Å². The summed E-state index contributed by atoms with van der Waals surface area (Å²) in [7, 11) is 1.38. The van der Waals surface area contributed by atoms with E-state index in [0.29, 0.717) is 32.4 Å². The molecule has 1 aliphatic carbocycles. The van der Waals surface area contributed by atoms with Gasteiger partial charge in [0.25, 0.3) is 17.2 Å². The largest absolute Gasteiger partial charge is 0.490 e. The number of benzene rings is 4. The zero-order valence-electron chi connectivity index (χ0n) is 24.9. The topological polar surface area (TPSA) is 96.1 Å². The summed E-state index contributed by atoms with van der Waals surface area (Å²) in [4.78, 5) is 14.9. The smallest absolute Gasteiger partial charge is 0.303 e. The van der Waals surface area contributed by atoms with Crippen molar-refractivity contribution < 1.29 is 27.1 Å². The van der Waals surface area contributed by atoms with Gasteiger partial charge in [-0.1, -0.05) is 60.1 Å². The normalized spacial score (nSPS) is 15.2. The van der Waals surface area contributed by atoms with E-state index in [-0.39, 0.29) is 24.9 Å². The zero-order valence-corrected chi connectivity index (χ0v) is 26.4. The monoisotopic (exact) mass is 655 g/mol. The van der Waals surface area contributed by atoms with Crippen LogP contribution in [0.25, 0.3) is 21.9 Å². The fourth-order valence-electron chi connectivity index (χ4n) is 5.68. The van der Waals surface area contributed by atoms with E-state index < -0.39 is 34.7 Å². The van der Waals surface area contributed by atoms with Gasteiger partial charge in [-0.25, -0.2) is 8.51 Å². The molecule has 1 fully saturated rings. The van der Waals surface area contributed by atoms with Gasteiger partial charge in [0, 0.05) is 24.2 Å². The Kier molecular flexibility index (Phi) is 10.4. The van der Waals surface area contributed by atoms with Gasteiger partial charge < -0.3 is 15.4 Å². The summed E-state index contributed by atoms with van der Waals surface area (Å²) in [5.41, 5.74) is 6.57. The molecule has 3 N–H and O–H groups in total. The van der Waals surface area contributed by atoms with E-state index in [9.17, 15) is 13.6 Å². The summed E-state index contributed by atoms with van der Waals surface area (Å²) in [6.45, 7) is 0.350. The molecule has 0 aliphatic heterocycles. The third-order valence-corrected chi connectivity index (χ3v) is 9.17. The van der Waals surface area contributed by atoms with Gasteiger partial charge >= 0.3 is 5.92 Å². The second kappa shape index (κ2) is 14.2. The zero-order chi connectivity index (χ0) is 32.1. The minimum atomic E-state index is -3.88. The van der Waals surface area contributed by atoms with Crippen LogP contribution in [0.15, 0.2) is 84.9 Å². The Labute approximate surface area is 269 Å². The fraction of sp³-hybridized carbons (Fsp3) is 0.324. The van der Waals surface area contributed by atoms with Gasteiger partial charge in [-0.2, -0.15) is 8.78 Å². The Morgan fingerprint density at radius 1 is 1.00 bits per heavy atom. The molecule has 4 aromatic carbocycles. The summed E-state index contributed by atoms with van der Waals surface area (Å²) in [5.74, 6) is -4.19. The summed E-state index contributed by atoms with van der Waals surface area (Å²) in [5, 5.41) is 1.95.